The molecule has 0 aliphatic carbocycles. The van der Waals surface area contributed by atoms with Gasteiger partial charge in [-0.2, -0.15) is 14.0 Å². The first kappa shape index (κ1) is 13.8. The van der Waals surface area contributed by atoms with Crippen molar-refractivity contribution in [1.82, 2.24) is 5.32 Å². The van der Waals surface area contributed by atoms with Crippen LogP contribution in [0.15, 0.2) is 34.2 Å². The number of aliphatic imine (C=N–C) groups is 1. The Balaban J connectivity index is 2.77. The van der Waals surface area contributed by atoms with Crippen molar-refractivity contribution in [2.75, 3.05) is 6.26 Å². The fraction of sp³-hybridized carbons (Fsp3) is 0.200. The number of hydrogen-bond acceptors (Lipinski definition) is 4. The smallest absolute Gasteiger partial charge is 0.271 e. The fourth-order valence-electron chi connectivity index (χ4n) is 0.992. The van der Waals surface area contributed by atoms with Crippen molar-refractivity contribution < 1.29 is 8.78 Å². The molecule has 3 nitrogen and oxygen atoms in total. The lowest BCUT2D eigenvalue weighted by Gasteiger charge is -2.02. The van der Waals surface area contributed by atoms with Crippen molar-refractivity contribution in [2.24, 2.45) is 4.99 Å². The third-order valence-corrected chi connectivity index (χ3v) is 2.95. The molecule has 0 atom stereocenters. The van der Waals surface area contributed by atoms with E-state index in [1.807, 2.05) is 0 Å². The lowest BCUT2D eigenvalue weighted by molar-refractivity contribution is 0.252. The summed E-state index contributed by atoms with van der Waals surface area (Å²) in [5.41, 5.74) is 0.607. The van der Waals surface area contributed by atoms with Gasteiger partial charge in [-0.1, -0.05) is 23.5 Å². The maximum atomic E-state index is 12.1. The minimum atomic E-state index is -2.42. The molecule has 1 aromatic rings. The Morgan fingerprint density at radius 3 is 2.53 bits per heavy atom. The van der Waals surface area contributed by atoms with Crippen LogP contribution in [-0.2, 0) is 0 Å². The van der Waals surface area contributed by atoms with Gasteiger partial charge in [-0.3, -0.25) is 5.32 Å². The van der Waals surface area contributed by atoms with Gasteiger partial charge >= 0.3 is 0 Å². The number of nitrogens with zero attached hydrogens (tertiary/aromatic N) is 2. The van der Waals surface area contributed by atoms with Gasteiger partial charge in [-0.05, 0) is 30.5 Å². The van der Waals surface area contributed by atoms with Crippen LogP contribution < -0.4 is 5.32 Å². The standard InChI is InChI=1S/C10H9F2N3S2/c1-16-10(14-6-13)15-7-2-4-8(5-3-7)17-9(11)12/h2-5,9H,1H3,(H,14,15). The third-order valence-electron chi connectivity index (χ3n) is 1.65. The lowest BCUT2D eigenvalue weighted by atomic mass is 10.3. The number of rotatable bonds is 3. The first-order chi connectivity index (χ1) is 8.15. The highest BCUT2D eigenvalue weighted by Crippen LogP contribution is 2.27. The summed E-state index contributed by atoms with van der Waals surface area (Å²) in [6.45, 7) is 0. The molecule has 0 aliphatic rings. The minimum Gasteiger partial charge on any atom is -0.271 e. The Kier molecular flexibility index (Phi) is 5.80. The molecule has 90 valence electrons. The quantitative estimate of drug-likeness (QED) is 0.301. The molecule has 17 heavy (non-hydrogen) atoms. The van der Waals surface area contributed by atoms with Crippen LogP contribution in [0.5, 0.6) is 0 Å². The molecule has 0 spiro atoms. The molecule has 7 heteroatoms. The van der Waals surface area contributed by atoms with E-state index < -0.39 is 5.76 Å². The molecule has 0 fully saturated rings. The van der Waals surface area contributed by atoms with Gasteiger partial charge in [0.15, 0.2) is 11.4 Å². The highest BCUT2D eigenvalue weighted by Gasteiger charge is 2.04. The van der Waals surface area contributed by atoms with Crippen molar-refractivity contribution in [3.05, 3.63) is 24.3 Å². The van der Waals surface area contributed by atoms with Crippen LogP contribution in [0.3, 0.4) is 0 Å². The molecule has 0 saturated heterocycles. The zero-order valence-corrected chi connectivity index (χ0v) is 10.5. The van der Waals surface area contributed by atoms with E-state index in [1.165, 1.54) is 11.8 Å². The van der Waals surface area contributed by atoms with Gasteiger partial charge in [-0.15, -0.1) is 0 Å². The van der Waals surface area contributed by atoms with E-state index in [4.69, 9.17) is 5.26 Å². The van der Waals surface area contributed by atoms with Crippen molar-refractivity contribution in [3.8, 4) is 6.19 Å². The second kappa shape index (κ2) is 7.14. The van der Waals surface area contributed by atoms with Crippen molar-refractivity contribution in [1.29, 1.82) is 5.26 Å². The van der Waals surface area contributed by atoms with Crippen LogP contribution in [0.4, 0.5) is 14.5 Å². The Bertz CT molecular complexity index is 426. The summed E-state index contributed by atoms with van der Waals surface area (Å²) in [5.74, 6) is -2.42. The number of halogens is 2. The van der Waals surface area contributed by atoms with Gasteiger partial charge in [0.05, 0.1) is 5.69 Å². The van der Waals surface area contributed by atoms with Crippen molar-refractivity contribution in [2.45, 2.75) is 10.7 Å². The molecular formula is C10H9F2N3S2. The largest absolute Gasteiger partial charge is 0.288 e. The monoisotopic (exact) mass is 273 g/mol. The molecule has 0 unspecified atom stereocenters. The molecular weight excluding hydrogens is 264 g/mol. The number of nitrogens with one attached hydrogen (secondary N) is 1. The predicted octanol–water partition coefficient (Wildman–Crippen LogP) is 3.42. The summed E-state index contributed by atoms with van der Waals surface area (Å²) in [5, 5.41) is 11.3. The summed E-state index contributed by atoms with van der Waals surface area (Å²) < 4.78 is 24.1. The molecule has 0 amide bonds. The summed E-state index contributed by atoms with van der Waals surface area (Å²) in [7, 11) is 0. The van der Waals surface area contributed by atoms with E-state index in [0.29, 0.717) is 27.5 Å². The van der Waals surface area contributed by atoms with E-state index >= 15 is 0 Å². The first-order valence-corrected chi connectivity index (χ1v) is 6.59. The average Bonchev–Trinajstić information content (AvgIpc) is 2.30. The van der Waals surface area contributed by atoms with Crippen LogP contribution in [0.1, 0.15) is 0 Å². The van der Waals surface area contributed by atoms with Crippen LogP contribution in [0, 0.1) is 11.5 Å². The highest BCUT2D eigenvalue weighted by atomic mass is 32.2. The summed E-state index contributed by atoms with van der Waals surface area (Å²) >= 11 is 1.78. The summed E-state index contributed by atoms with van der Waals surface area (Å²) in [6, 6.07) is 6.39. The third kappa shape index (κ3) is 5.06. The van der Waals surface area contributed by atoms with Gasteiger partial charge in [0.2, 0.25) is 0 Å². The fourth-order valence-corrected chi connectivity index (χ4v) is 1.84. The van der Waals surface area contributed by atoms with E-state index in [0.717, 1.165) is 0 Å². The Hall–Kier alpha value is -1.26. The zero-order valence-electron chi connectivity index (χ0n) is 8.85. The molecule has 1 N–H and O–H groups in total. The Morgan fingerprint density at radius 2 is 2.06 bits per heavy atom. The molecule has 0 saturated carbocycles. The number of amidine groups is 1. The van der Waals surface area contributed by atoms with Crippen LogP contribution in [0.25, 0.3) is 0 Å². The second-order valence-electron chi connectivity index (χ2n) is 2.73. The van der Waals surface area contributed by atoms with E-state index in [2.05, 4.69) is 10.3 Å². The van der Waals surface area contributed by atoms with Crippen molar-refractivity contribution in [3.63, 3.8) is 0 Å². The maximum absolute atomic E-state index is 12.1. The maximum Gasteiger partial charge on any atom is 0.288 e. The summed E-state index contributed by atoms with van der Waals surface area (Å²) in [6.07, 6.45) is 3.55. The van der Waals surface area contributed by atoms with E-state index in [1.54, 1.807) is 36.7 Å². The van der Waals surface area contributed by atoms with E-state index in [-0.39, 0.29) is 0 Å². The van der Waals surface area contributed by atoms with Gasteiger partial charge in [0.1, 0.15) is 0 Å². The predicted molar refractivity (Wildman–Crippen MR) is 67.7 cm³/mol. The zero-order chi connectivity index (χ0) is 12.7. The van der Waals surface area contributed by atoms with Crippen LogP contribution >= 0.6 is 23.5 Å². The number of hydrogen-bond donors (Lipinski definition) is 1. The molecule has 0 radical (unpaired) electrons. The van der Waals surface area contributed by atoms with Crippen LogP contribution in [0.2, 0.25) is 0 Å². The Morgan fingerprint density at radius 1 is 1.41 bits per heavy atom. The summed E-state index contributed by atoms with van der Waals surface area (Å²) in [4.78, 5) is 4.62. The number of nitriles is 1. The van der Waals surface area contributed by atoms with Gasteiger partial charge in [0, 0.05) is 4.90 Å². The minimum absolute atomic E-state index is 0.460. The van der Waals surface area contributed by atoms with Crippen LogP contribution in [-0.4, -0.2) is 17.2 Å². The molecule has 0 aliphatic heterocycles. The molecule has 1 rings (SSSR count). The first-order valence-electron chi connectivity index (χ1n) is 4.48. The highest BCUT2D eigenvalue weighted by molar-refractivity contribution is 8.13. The number of thioether (sulfide) groups is 2. The van der Waals surface area contributed by atoms with Gasteiger partial charge in [0.25, 0.3) is 5.76 Å². The lowest BCUT2D eigenvalue weighted by Crippen LogP contribution is -2.12. The second-order valence-corrected chi connectivity index (χ2v) is 4.59. The average molecular weight is 273 g/mol. The number of alkyl halides is 2. The molecule has 0 bridgehead atoms. The molecule has 1 aromatic carbocycles. The van der Waals surface area contributed by atoms with Gasteiger partial charge in [-0.25, -0.2) is 4.99 Å². The Labute approximate surface area is 106 Å². The number of benzene rings is 1. The van der Waals surface area contributed by atoms with E-state index in [9.17, 15) is 8.78 Å². The normalized spacial score (nSPS) is 11.4. The topological polar surface area (TPSA) is 48.2 Å². The SMILES string of the molecule is CSC(=Nc1ccc(SC(F)F)cc1)NC#N. The molecule has 0 aromatic heterocycles. The van der Waals surface area contributed by atoms with Gasteiger partial charge < -0.3 is 0 Å². The molecule has 0 heterocycles. The van der Waals surface area contributed by atoms with Crippen molar-refractivity contribution >= 4 is 34.4 Å².